The quantitative estimate of drug-likeness (QED) is 0.518. The fraction of sp³-hybridized carbons (Fsp3) is 0.833. The van der Waals surface area contributed by atoms with Gasteiger partial charge < -0.3 is 16.0 Å². The third-order valence-electron chi connectivity index (χ3n) is 2.05. The molecule has 0 aliphatic rings. The van der Waals surface area contributed by atoms with Crippen molar-refractivity contribution in [3.63, 3.8) is 0 Å². The largest absolute Gasteiger partial charge is 0.363 e. The monoisotopic (exact) mass is 259 g/mol. The normalized spacial score (nSPS) is 12.8. The van der Waals surface area contributed by atoms with E-state index in [2.05, 4.69) is 22.9 Å². The van der Waals surface area contributed by atoms with Gasteiger partial charge in [-0.3, -0.25) is 4.79 Å². The lowest BCUT2D eigenvalue weighted by Crippen LogP contribution is -2.52. The van der Waals surface area contributed by atoms with E-state index in [-0.39, 0.29) is 17.5 Å². The summed E-state index contributed by atoms with van der Waals surface area (Å²) in [5, 5.41) is 9.48. The summed E-state index contributed by atoms with van der Waals surface area (Å²) in [6.45, 7) is 10.6. The summed E-state index contributed by atoms with van der Waals surface area (Å²) in [6.07, 6.45) is 2.19. The van der Waals surface area contributed by atoms with Crippen molar-refractivity contribution in [2.45, 2.75) is 59.0 Å². The maximum atomic E-state index is 11.8. The SMILES string of the molecule is CCCCNC(=S)NC(C)C(=O)NC(C)(C)C. The van der Waals surface area contributed by atoms with E-state index in [1.165, 1.54) is 0 Å². The van der Waals surface area contributed by atoms with Gasteiger partial charge >= 0.3 is 0 Å². The number of rotatable bonds is 5. The van der Waals surface area contributed by atoms with Gasteiger partial charge in [0.05, 0.1) is 0 Å². The van der Waals surface area contributed by atoms with E-state index in [1.807, 2.05) is 20.8 Å². The summed E-state index contributed by atoms with van der Waals surface area (Å²) in [5.74, 6) is -0.0443. The fourth-order valence-electron chi connectivity index (χ4n) is 1.17. The van der Waals surface area contributed by atoms with Crippen LogP contribution in [0.1, 0.15) is 47.5 Å². The molecule has 0 fully saturated rings. The zero-order valence-electron chi connectivity index (χ0n) is 11.5. The van der Waals surface area contributed by atoms with Gasteiger partial charge in [0, 0.05) is 12.1 Å². The molecule has 1 unspecified atom stereocenters. The van der Waals surface area contributed by atoms with Gasteiger partial charge in [0.2, 0.25) is 5.91 Å². The van der Waals surface area contributed by atoms with Crippen LogP contribution in [0.25, 0.3) is 0 Å². The molecule has 1 atom stereocenters. The fourth-order valence-corrected chi connectivity index (χ4v) is 1.45. The van der Waals surface area contributed by atoms with Crippen molar-refractivity contribution in [1.82, 2.24) is 16.0 Å². The molecule has 4 nitrogen and oxygen atoms in total. The predicted octanol–water partition coefficient (Wildman–Crippen LogP) is 1.55. The Bertz CT molecular complexity index is 261. The highest BCUT2D eigenvalue weighted by molar-refractivity contribution is 7.80. The first kappa shape index (κ1) is 16.2. The molecule has 0 aromatic carbocycles. The van der Waals surface area contributed by atoms with E-state index in [0.717, 1.165) is 19.4 Å². The Labute approximate surface area is 110 Å². The lowest BCUT2D eigenvalue weighted by atomic mass is 10.1. The van der Waals surface area contributed by atoms with Crippen molar-refractivity contribution in [3.8, 4) is 0 Å². The minimum absolute atomic E-state index is 0.0443. The predicted molar refractivity (Wildman–Crippen MR) is 76.0 cm³/mol. The average Bonchev–Trinajstić information content (AvgIpc) is 2.15. The maximum absolute atomic E-state index is 11.8. The van der Waals surface area contributed by atoms with Crippen LogP contribution in [0.3, 0.4) is 0 Å². The van der Waals surface area contributed by atoms with Gasteiger partial charge in [0.25, 0.3) is 0 Å². The number of carbonyl (C=O) groups is 1. The first-order valence-corrected chi connectivity index (χ1v) is 6.53. The highest BCUT2D eigenvalue weighted by Gasteiger charge is 2.19. The van der Waals surface area contributed by atoms with Crippen LogP contribution in [0.2, 0.25) is 0 Å². The van der Waals surface area contributed by atoms with E-state index in [9.17, 15) is 4.79 Å². The molecule has 0 aliphatic carbocycles. The van der Waals surface area contributed by atoms with Gasteiger partial charge in [0.15, 0.2) is 5.11 Å². The van der Waals surface area contributed by atoms with E-state index < -0.39 is 0 Å². The number of hydrogen-bond acceptors (Lipinski definition) is 2. The summed E-state index contributed by atoms with van der Waals surface area (Å²) in [6, 6.07) is -0.323. The van der Waals surface area contributed by atoms with Gasteiger partial charge in [-0.15, -0.1) is 0 Å². The summed E-state index contributed by atoms with van der Waals surface area (Å²) >= 11 is 5.10. The maximum Gasteiger partial charge on any atom is 0.242 e. The van der Waals surface area contributed by atoms with Crippen LogP contribution in [-0.4, -0.2) is 29.1 Å². The number of hydrogen-bond donors (Lipinski definition) is 3. The number of amides is 1. The smallest absolute Gasteiger partial charge is 0.242 e. The van der Waals surface area contributed by atoms with Crippen LogP contribution >= 0.6 is 12.2 Å². The first-order valence-electron chi connectivity index (χ1n) is 6.12. The van der Waals surface area contributed by atoms with E-state index in [4.69, 9.17) is 12.2 Å². The molecule has 0 bridgehead atoms. The van der Waals surface area contributed by atoms with Crippen molar-refractivity contribution < 1.29 is 4.79 Å². The number of unbranched alkanes of at least 4 members (excludes halogenated alkanes) is 1. The van der Waals surface area contributed by atoms with Crippen LogP contribution in [0, 0.1) is 0 Å². The standard InChI is InChI=1S/C12H25N3OS/c1-6-7-8-13-11(17)14-9(2)10(16)15-12(3,4)5/h9H,6-8H2,1-5H3,(H,15,16)(H2,13,14,17). The van der Waals surface area contributed by atoms with E-state index in [0.29, 0.717) is 5.11 Å². The van der Waals surface area contributed by atoms with Crippen LogP contribution in [0.15, 0.2) is 0 Å². The van der Waals surface area contributed by atoms with Crippen molar-refractivity contribution in [1.29, 1.82) is 0 Å². The molecule has 0 aliphatic heterocycles. The second kappa shape index (κ2) is 7.48. The Morgan fingerprint density at radius 3 is 2.41 bits per heavy atom. The third kappa shape index (κ3) is 8.92. The van der Waals surface area contributed by atoms with Gasteiger partial charge in [0.1, 0.15) is 6.04 Å². The molecule has 1 amide bonds. The molecule has 5 heteroatoms. The zero-order valence-corrected chi connectivity index (χ0v) is 12.3. The summed E-state index contributed by atoms with van der Waals surface area (Å²) in [4.78, 5) is 11.8. The molecule has 17 heavy (non-hydrogen) atoms. The van der Waals surface area contributed by atoms with Gasteiger partial charge in [-0.2, -0.15) is 0 Å². The molecule has 0 radical (unpaired) electrons. The molecule has 0 spiro atoms. The Balaban J connectivity index is 3.95. The first-order chi connectivity index (χ1) is 7.76. The van der Waals surface area contributed by atoms with Gasteiger partial charge in [-0.1, -0.05) is 13.3 Å². The van der Waals surface area contributed by atoms with Crippen LogP contribution in [-0.2, 0) is 4.79 Å². The van der Waals surface area contributed by atoms with Crippen molar-refractivity contribution in [3.05, 3.63) is 0 Å². The van der Waals surface area contributed by atoms with Crippen LogP contribution in [0.5, 0.6) is 0 Å². The molecule has 3 N–H and O–H groups in total. The minimum Gasteiger partial charge on any atom is -0.363 e. The van der Waals surface area contributed by atoms with Gasteiger partial charge in [-0.25, -0.2) is 0 Å². The minimum atomic E-state index is -0.323. The number of thiocarbonyl (C=S) groups is 1. The molecule has 100 valence electrons. The van der Waals surface area contributed by atoms with Crippen LogP contribution < -0.4 is 16.0 Å². The average molecular weight is 259 g/mol. The Morgan fingerprint density at radius 2 is 1.94 bits per heavy atom. The van der Waals surface area contributed by atoms with E-state index in [1.54, 1.807) is 6.92 Å². The number of carbonyl (C=O) groups excluding carboxylic acids is 1. The second-order valence-corrected chi connectivity index (χ2v) is 5.62. The summed E-state index contributed by atoms with van der Waals surface area (Å²) in [7, 11) is 0. The third-order valence-corrected chi connectivity index (χ3v) is 2.32. The zero-order chi connectivity index (χ0) is 13.5. The molecule has 0 aromatic rings. The van der Waals surface area contributed by atoms with Crippen molar-refractivity contribution >= 4 is 23.2 Å². The van der Waals surface area contributed by atoms with Crippen molar-refractivity contribution in [2.24, 2.45) is 0 Å². The molecular weight excluding hydrogens is 234 g/mol. The highest BCUT2D eigenvalue weighted by Crippen LogP contribution is 1.99. The Morgan fingerprint density at radius 1 is 1.35 bits per heavy atom. The molecule has 0 aromatic heterocycles. The van der Waals surface area contributed by atoms with Crippen LogP contribution in [0.4, 0.5) is 0 Å². The summed E-state index contributed by atoms with van der Waals surface area (Å²) < 4.78 is 0. The molecule has 0 saturated carbocycles. The second-order valence-electron chi connectivity index (χ2n) is 5.21. The lowest BCUT2D eigenvalue weighted by molar-refractivity contribution is -0.123. The summed E-state index contributed by atoms with van der Waals surface area (Å²) in [5.41, 5.74) is -0.218. The van der Waals surface area contributed by atoms with E-state index >= 15 is 0 Å². The molecule has 0 rings (SSSR count). The number of nitrogens with one attached hydrogen (secondary N) is 3. The topological polar surface area (TPSA) is 53.2 Å². The molecular formula is C12H25N3OS. The Kier molecular flexibility index (Phi) is 7.11. The van der Waals surface area contributed by atoms with Crippen molar-refractivity contribution in [2.75, 3.05) is 6.54 Å². The molecule has 0 saturated heterocycles. The Hall–Kier alpha value is -0.840. The highest BCUT2D eigenvalue weighted by atomic mass is 32.1. The lowest BCUT2D eigenvalue weighted by Gasteiger charge is -2.24. The molecule has 0 heterocycles. The van der Waals surface area contributed by atoms with Gasteiger partial charge in [-0.05, 0) is 46.3 Å².